The summed E-state index contributed by atoms with van der Waals surface area (Å²) in [6.45, 7) is 2.64. The van der Waals surface area contributed by atoms with Crippen molar-refractivity contribution in [2.75, 3.05) is 13.1 Å². The van der Waals surface area contributed by atoms with Crippen molar-refractivity contribution in [3.8, 4) is 0 Å². The number of benzene rings is 4. The topological polar surface area (TPSA) is 122 Å². The van der Waals surface area contributed by atoms with Crippen molar-refractivity contribution >= 4 is 49.0 Å². The van der Waals surface area contributed by atoms with E-state index in [2.05, 4.69) is 121 Å². The summed E-state index contributed by atoms with van der Waals surface area (Å²) in [6.07, 6.45) is 11.4. The Hall–Kier alpha value is -2.26. The van der Waals surface area contributed by atoms with Gasteiger partial charge in [-0.3, -0.25) is 9.59 Å². The van der Waals surface area contributed by atoms with Gasteiger partial charge in [0.1, 0.15) is 0 Å². The van der Waals surface area contributed by atoms with Gasteiger partial charge in [0.25, 0.3) is 11.9 Å². The molecular formula is C42H60FeN2O4P2Ru+2. The molecule has 4 aromatic rings. The Morgan fingerprint density at radius 2 is 0.692 bits per heavy atom. The Labute approximate surface area is 340 Å². The summed E-state index contributed by atoms with van der Waals surface area (Å²) in [5, 5.41) is 21.2. The molecule has 0 saturated heterocycles. The number of aliphatic carboxylic acids is 2. The van der Waals surface area contributed by atoms with Crippen LogP contribution in [0.4, 0.5) is 0 Å². The van der Waals surface area contributed by atoms with Gasteiger partial charge in [0.2, 0.25) is 0 Å². The maximum atomic E-state index is 9.00. The molecule has 2 aliphatic carbocycles. The second-order valence-corrected chi connectivity index (χ2v) is 17.4. The van der Waals surface area contributed by atoms with E-state index in [0.717, 1.165) is 25.2 Å². The van der Waals surface area contributed by atoms with Gasteiger partial charge in [0.05, 0.1) is 48.4 Å². The summed E-state index contributed by atoms with van der Waals surface area (Å²) >= 11 is 0. The van der Waals surface area contributed by atoms with E-state index in [1.807, 2.05) is 0 Å². The molecule has 52 heavy (non-hydrogen) atoms. The SMILES string of the molecule is CC(=O)O.CC(=O)O.[CH3-].[CH3-].[Fe+2].[NH-]CC[NH-].[Ru+2].c1ccc([PH+](c2ccccc2)C2CCCC2)cc1.c1ccc([PH+](c2ccccc2)C2CCCC2)cc1. The fraction of sp³-hybridized carbons (Fsp3) is 0.333. The summed E-state index contributed by atoms with van der Waals surface area (Å²) in [5.74, 6) is -1.67. The number of hydrogen-bond donors (Lipinski definition) is 2. The minimum Gasteiger partial charge on any atom is -0.679 e. The Morgan fingerprint density at radius 3 is 0.846 bits per heavy atom. The van der Waals surface area contributed by atoms with Crippen LogP contribution in [-0.4, -0.2) is 46.6 Å². The molecule has 0 aromatic heterocycles. The van der Waals surface area contributed by atoms with E-state index in [4.69, 9.17) is 31.3 Å². The van der Waals surface area contributed by atoms with Gasteiger partial charge >= 0.3 is 36.5 Å². The van der Waals surface area contributed by atoms with Gasteiger partial charge in [-0.1, -0.05) is 72.8 Å². The van der Waals surface area contributed by atoms with E-state index in [1.165, 1.54) is 51.4 Å². The summed E-state index contributed by atoms with van der Waals surface area (Å²) in [6, 6.07) is 44.7. The first-order valence-corrected chi connectivity index (χ1v) is 20.1. The standard InChI is InChI=1S/2C17H19P.C2H6N2.2C2H4O2.2CH3.Fe.Ru/c2*1-3-9-15(10-4-1)18(17-13-7-8-14-17)16-11-5-2-6-12-16;3-1-2-4;2*1-2(3)4;;;;/h2*1-6,9-12,17H,7-8,13-14H2;3-4H,1-2H2;2*1H3,(H,3,4);2*1H3;;/q;;-2;;;2*-1;2*+2/p+2. The average molecular weight is 876 g/mol. The molecule has 4 aromatic carbocycles. The van der Waals surface area contributed by atoms with Gasteiger partial charge in [0.15, 0.2) is 0 Å². The Bertz CT molecular complexity index is 1200. The number of carboxylic acid groups (broad SMARTS) is 2. The molecule has 6 nitrogen and oxygen atoms in total. The fourth-order valence-corrected chi connectivity index (χ4v) is 12.9. The first-order valence-electron chi connectivity index (χ1n) is 16.9. The van der Waals surface area contributed by atoms with Crippen molar-refractivity contribution in [3.63, 3.8) is 0 Å². The molecule has 0 bridgehead atoms. The molecule has 10 heteroatoms. The second kappa shape index (κ2) is 33.3. The molecule has 0 atom stereocenters. The zero-order chi connectivity index (χ0) is 35.0. The molecule has 0 spiro atoms. The molecule has 0 radical (unpaired) electrons. The van der Waals surface area contributed by atoms with Gasteiger partial charge < -0.3 is 36.5 Å². The van der Waals surface area contributed by atoms with Crippen LogP contribution in [0.15, 0.2) is 121 Å². The molecule has 0 unspecified atom stereocenters. The van der Waals surface area contributed by atoms with Gasteiger partial charge in [0, 0.05) is 13.8 Å². The molecule has 6 rings (SSSR count). The van der Waals surface area contributed by atoms with Gasteiger partial charge in [-0.15, -0.1) is 0 Å². The van der Waals surface area contributed by atoms with Crippen LogP contribution >= 0.6 is 15.8 Å². The number of carboxylic acids is 2. The molecule has 4 N–H and O–H groups in total. The summed E-state index contributed by atoms with van der Waals surface area (Å²) in [5.41, 5.74) is 14.4. The average Bonchev–Trinajstić information content (AvgIpc) is 3.83. The van der Waals surface area contributed by atoms with Gasteiger partial charge in [-0.2, -0.15) is 13.1 Å². The largest absolute Gasteiger partial charge is 2.00 e. The van der Waals surface area contributed by atoms with E-state index in [9.17, 15) is 0 Å². The van der Waals surface area contributed by atoms with Crippen LogP contribution in [-0.2, 0) is 46.1 Å². The molecular weight excluding hydrogens is 815 g/mol. The van der Waals surface area contributed by atoms with Crippen LogP contribution < -0.4 is 21.2 Å². The zero-order valence-corrected chi connectivity index (χ0v) is 36.0. The molecule has 0 amide bonds. The van der Waals surface area contributed by atoms with E-state index < -0.39 is 27.8 Å². The molecule has 2 fully saturated rings. The predicted octanol–water partition coefficient (Wildman–Crippen LogP) is 9.76. The van der Waals surface area contributed by atoms with Crippen LogP contribution in [0.3, 0.4) is 0 Å². The molecule has 2 aliphatic rings. The quantitative estimate of drug-likeness (QED) is 0.109. The predicted molar refractivity (Wildman–Crippen MR) is 223 cm³/mol. The van der Waals surface area contributed by atoms with Crippen LogP contribution in [0.2, 0.25) is 0 Å². The van der Waals surface area contributed by atoms with Crippen molar-refractivity contribution in [2.45, 2.75) is 76.5 Å². The third-order valence-corrected chi connectivity index (χ3v) is 14.6. The van der Waals surface area contributed by atoms with E-state index in [-0.39, 0.29) is 64.5 Å². The Kier molecular flexibility index (Phi) is 34.7. The molecule has 0 aliphatic heterocycles. The van der Waals surface area contributed by atoms with Crippen LogP contribution in [0, 0.1) is 14.9 Å². The second-order valence-electron chi connectivity index (χ2n) is 11.8. The normalized spacial score (nSPS) is 12.8. The number of hydrogen-bond acceptors (Lipinski definition) is 2. The maximum absolute atomic E-state index is 9.00. The van der Waals surface area contributed by atoms with Crippen molar-refractivity contribution in [1.29, 1.82) is 0 Å². The smallest absolute Gasteiger partial charge is 0.679 e. The maximum Gasteiger partial charge on any atom is 2.00 e. The summed E-state index contributed by atoms with van der Waals surface area (Å²) in [7, 11) is -1.15. The molecule has 2 saturated carbocycles. The minimum atomic E-state index is -0.833. The van der Waals surface area contributed by atoms with Gasteiger partial charge in [-0.25, -0.2) is 0 Å². The monoisotopic (exact) mass is 876 g/mol. The van der Waals surface area contributed by atoms with E-state index in [1.54, 1.807) is 21.2 Å². The van der Waals surface area contributed by atoms with E-state index >= 15 is 0 Å². The number of rotatable bonds is 7. The van der Waals surface area contributed by atoms with Crippen molar-refractivity contribution in [3.05, 3.63) is 148 Å². The van der Waals surface area contributed by atoms with Crippen LogP contribution in [0.1, 0.15) is 65.2 Å². The summed E-state index contributed by atoms with van der Waals surface area (Å²) < 4.78 is 0. The van der Waals surface area contributed by atoms with Crippen molar-refractivity contribution < 1.29 is 56.3 Å². The molecule has 0 heterocycles. The summed E-state index contributed by atoms with van der Waals surface area (Å²) in [4.78, 5) is 18.0. The third kappa shape index (κ3) is 22.1. The molecule has 286 valence electrons. The van der Waals surface area contributed by atoms with Crippen LogP contribution in [0.5, 0.6) is 0 Å². The van der Waals surface area contributed by atoms with Gasteiger partial charge in [-0.05, 0) is 99.9 Å². The number of nitrogens with one attached hydrogen (secondary N) is 2. The van der Waals surface area contributed by atoms with Crippen molar-refractivity contribution in [2.24, 2.45) is 0 Å². The Balaban J connectivity index is -0.000000668. The van der Waals surface area contributed by atoms with Crippen LogP contribution in [0.25, 0.3) is 11.5 Å². The zero-order valence-electron chi connectivity index (χ0n) is 31.2. The minimum absolute atomic E-state index is 0. The Morgan fingerprint density at radius 1 is 0.519 bits per heavy atom. The fourth-order valence-electron chi connectivity index (χ4n) is 6.18. The first kappa shape index (κ1) is 54.1. The third-order valence-electron chi connectivity index (χ3n) is 7.99. The first-order chi connectivity index (χ1) is 23.3. The van der Waals surface area contributed by atoms with E-state index in [0.29, 0.717) is 0 Å². The number of carbonyl (C=O) groups is 2. The van der Waals surface area contributed by atoms with Crippen molar-refractivity contribution in [1.82, 2.24) is 0 Å².